The monoisotopic (exact) mass is 474 g/mol. The Morgan fingerprint density at radius 2 is 1.85 bits per heavy atom. The SMILES string of the molecule is CCC(O)(CCCO)CNC(=O)C1CC(c2c(-c3ccc(F)cc3)[nH]c3c(F)cc(F)cc23)C1. The summed E-state index contributed by atoms with van der Waals surface area (Å²) in [4.78, 5) is 15.7. The summed E-state index contributed by atoms with van der Waals surface area (Å²) in [7, 11) is 0. The minimum atomic E-state index is -1.07. The van der Waals surface area contributed by atoms with Gasteiger partial charge in [-0.15, -0.1) is 0 Å². The van der Waals surface area contributed by atoms with Gasteiger partial charge in [0.2, 0.25) is 5.91 Å². The second kappa shape index (κ2) is 9.80. The number of aliphatic hydroxyl groups excluding tert-OH is 1. The summed E-state index contributed by atoms with van der Waals surface area (Å²) in [6.45, 7) is 1.91. The van der Waals surface area contributed by atoms with Gasteiger partial charge in [-0.25, -0.2) is 13.2 Å². The number of fused-ring (bicyclic) bond motifs is 1. The van der Waals surface area contributed by atoms with Crippen LogP contribution in [0.5, 0.6) is 0 Å². The van der Waals surface area contributed by atoms with E-state index in [1.54, 1.807) is 12.1 Å². The Kier molecular flexibility index (Phi) is 7.00. The molecule has 4 N–H and O–H groups in total. The van der Waals surface area contributed by atoms with Gasteiger partial charge in [-0.1, -0.05) is 6.92 Å². The quantitative estimate of drug-likeness (QED) is 0.360. The van der Waals surface area contributed by atoms with Crippen LogP contribution in [0.15, 0.2) is 36.4 Å². The first-order valence-corrected chi connectivity index (χ1v) is 11.6. The highest BCUT2D eigenvalue weighted by molar-refractivity contribution is 5.92. The molecular weight excluding hydrogens is 445 g/mol. The van der Waals surface area contributed by atoms with Crippen molar-refractivity contribution in [2.24, 2.45) is 5.92 Å². The maximum absolute atomic E-state index is 14.5. The van der Waals surface area contributed by atoms with E-state index in [2.05, 4.69) is 10.3 Å². The van der Waals surface area contributed by atoms with Crippen molar-refractivity contribution in [2.75, 3.05) is 13.2 Å². The van der Waals surface area contributed by atoms with Gasteiger partial charge < -0.3 is 20.5 Å². The van der Waals surface area contributed by atoms with Crippen molar-refractivity contribution >= 4 is 16.8 Å². The highest BCUT2D eigenvalue weighted by Gasteiger charge is 2.39. The first kappa shape index (κ1) is 24.3. The molecule has 0 bridgehead atoms. The third-order valence-electron chi connectivity index (χ3n) is 6.96. The molecule has 0 spiro atoms. The average Bonchev–Trinajstić information content (AvgIpc) is 3.15. The number of halogens is 3. The number of H-pyrrole nitrogens is 1. The molecule has 2 aromatic carbocycles. The lowest BCUT2D eigenvalue weighted by molar-refractivity contribution is -0.129. The second-order valence-electron chi connectivity index (χ2n) is 9.22. The molecule has 8 heteroatoms. The van der Waals surface area contributed by atoms with Gasteiger partial charge in [-0.05, 0) is 79.5 Å². The molecule has 1 heterocycles. The molecule has 0 radical (unpaired) electrons. The molecule has 5 nitrogen and oxygen atoms in total. The van der Waals surface area contributed by atoms with Crippen LogP contribution in [-0.4, -0.2) is 39.9 Å². The summed E-state index contributed by atoms with van der Waals surface area (Å²) in [5.41, 5.74) is 1.07. The zero-order valence-corrected chi connectivity index (χ0v) is 19.0. The molecule has 1 amide bonds. The molecule has 4 rings (SSSR count). The van der Waals surface area contributed by atoms with E-state index in [4.69, 9.17) is 5.11 Å². The van der Waals surface area contributed by atoms with Crippen LogP contribution in [0.25, 0.3) is 22.2 Å². The van der Waals surface area contributed by atoms with Gasteiger partial charge in [0.1, 0.15) is 17.5 Å². The molecule has 1 aliphatic rings. The number of carbonyl (C=O) groups excluding carboxylic acids is 1. The molecule has 182 valence electrons. The number of aromatic amines is 1. The predicted molar refractivity (Wildman–Crippen MR) is 124 cm³/mol. The lowest BCUT2D eigenvalue weighted by atomic mass is 9.69. The second-order valence-corrected chi connectivity index (χ2v) is 9.22. The fourth-order valence-electron chi connectivity index (χ4n) is 4.77. The fraction of sp³-hybridized carbons (Fsp3) is 0.423. The molecule has 0 saturated heterocycles. The van der Waals surface area contributed by atoms with Gasteiger partial charge in [0, 0.05) is 30.5 Å². The van der Waals surface area contributed by atoms with Crippen LogP contribution < -0.4 is 5.32 Å². The molecule has 1 aromatic heterocycles. The van der Waals surface area contributed by atoms with Crippen LogP contribution in [0.1, 0.15) is 50.5 Å². The van der Waals surface area contributed by atoms with E-state index in [1.807, 2.05) is 6.92 Å². The summed E-state index contributed by atoms with van der Waals surface area (Å²) in [6.07, 6.45) is 2.28. The Hall–Kier alpha value is -2.84. The Labute approximate surface area is 196 Å². The summed E-state index contributed by atoms with van der Waals surface area (Å²) >= 11 is 0. The van der Waals surface area contributed by atoms with Gasteiger partial charge in [0.25, 0.3) is 0 Å². The number of rotatable bonds is 9. The van der Waals surface area contributed by atoms with Gasteiger partial charge >= 0.3 is 0 Å². The third kappa shape index (κ3) is 4.83. The van der Waals surface area contributed by atoms with Gasteiger partial charge in [-0.3, -0.25) is 4.79 Å². The molecule has 34 heavy (non-hydrogen) atoms. The van der Waals surface area contributed by atoms with Crippen LogP contribution in [-0.2, 0) is 4.79 Å². The minimum absolute atomic E-state index is 0.0250. The van der Waals surface area contributed by atoms with E-state index >= 15 is 0 Å². The number of aromatic nitrogens is 1. The van der Waals surface area contributed by atoms with E-state index in [0.717, 1.165) is 11.6 Å². The van der Waals surface area contributed by atoms with Crippen molar-refractivity contribution in [3.8, 4) is 11.3 Å². The smallest absolute Gasteiger partial charge is 0.223 e. The summed E-state index contributed by atoms with van der Waals surface area (Å²) < 4.78 is 42.0. The third-order valence-corrected chi connectivity index (χ3v) is 6.96. The van der Waals surface area contributed by atoms with Crippen LogP contribution in [0.2, 0.25) is 0 Å². The fourth-order valence-corrected chi connectivity index (χ4v) is 4.77. The Morgan fingerprint density at radius 1 is 1.15 bits per heavy atom. The summed E-state index contributed by atoms with van der Waals surface area (Å²) in [6, 6.07) is 7.89. The van der Waals surface area contributed by atoms with Crippen molar-refractivity contribution < 1.29 is 28.2 Å². The molecule has 1 atom stereocenters. The van der Waals surface area contributed by atoms with Crippen LogP contribution in [0.4, 0.5) is 13.2 Å². The molecule has 1 aliphatic carbocycles. The van der Waals surface area contributed by atoms with E-state index in [9.17, 15) is 23.1 Å². The molecular formula is C26H29F3N2O3. The number of amides is 1. The molecule has 1 fully saturated rings. The highest BCUT2D eigenvalue weighted by Crippen LogP contribution is 2.48. The zero-order valence-electron chi connectivity index (χ0n) is 19.0. The highest BCUT2D eigenvalue weighted by atomic mass is 19.1. The number of hydrogen-bond acceptors (Lipinski definition) is 3. The first-order valence-electron chi connectivity index (χ1n) is 11.6. The number of aliphatic hydroxyl groups is 2. The summed E-state index contributed by atoms with van der Waals surface area (Å²) in [5, 5.41) is 22.9. The Morgan fingerprint density at radius 3 is 2.50 bits per heavy atom. The average molecular weight is 475 g/mol. The zero-order chi connectivity index (χ0) is 24.5. The minimum Gasteiger partial charge on any atom is -0.396 e. The van der Waals surface area contributed by atoms with Crippen molar-refractivity contribution in [1.82, 2.24) is 10.3 Å². The summed E-state index contributed by atoms with van der Waals surface area (Å²) in [5.74, 6) is -2.36. The molecule has 0 aliphatic heterocycles. The van der Waals surface area contributed by atoms with E-state index in [1.165, 1.54) is 18.2 Å². The first-order chi connectivity index (χ1) is 16.2. The van der Waals surface area contributed by atoms with E-state index in [0.29, 0.717) is 48.7 Å². The van der Waals surface area contributed by atoms with Crippen molar-refractivity contribution in [1.29, 1.82) is 0 Å². The number of benzene rings is 2. The van der Waals surface area contributed by atoms with Crippen LogP contribution in [0.3, 0.4) is 0 Å². The largest absolute Gasteiger partial charge is 0.396 e. The van der Waals surface area contributed by atoms with Crippen LogP contribution in [0, 0.1) is 23.4 Å². The lowest BCUT2D eigenvalue weighted by Gasteiger charge is -2.36. The van der Waals surface area contributed by atoms with Gasteiger partial charge in [0.05, 0.1) is 16.8 Å². The van der Waals surface area contributed by atoms with Gasteiger partial charge in [0.15, 0.2) is 0 Å². The van der Waals surface area contributed by atoms with Gasteiger partial charge in [-0.2, -0.15) is 0 Å². The number of carbonyl (C=O) groups is 1. The molecule has 3 aromatic rings. The topological polar surface area (TPSA) is 85.3 Å². The standard InChI is InChI=1S/C26H29F3N2O3/c1-2-26(34,8-3-9-32)14-30-25(33)17-10-16(11-17)22-20-12-19(28)13-21(29)24(20)31-23(22)15-4-6-18(27)7-5-15/h4-7,12-13,16-17,31-32,34H,2-3,8-11,14H2,1H3,(H,30,33). The maximum atomic E-state index is 14.5. The van der Waals surface area contributed by atoms with Crippen molar-refractivity contribution in [3.05, 3.63) is 59.4 Å². The predicted octanol–water partition coefficient (Wildman–Crippen LogP) is 4.78. The Balaban J connectivity index is 1.54. The Bertz CT molecular complexity index is 1170. The maximum Gasteiger partial charge on any atom is 0.223 e. The van der Waals surface area contributed by atoms with E-state index in [-0.39, 0.29) is 36.4 Å². The van der Waals surface area contributed by atoms with E-state index < -0.39 is 23.1 Å². The number of nitrogens with one attached hydrogen (secondary N) is 2. The van der Waals surface area contributed by atoms with Crippen molar-refractivity contribution in [2.45, 2.75) is 50.5 Å². The molecule has 1 saturated carbocycles. The van der Waals surface area contributed by atoms with Crippen molar-refractivity contribution in [3.63, 3.8) is 0 Å². The number of hydrogen-bond donors (Lipinski definition) is 4. The van der Waals surface area contributed by atoms with Crippen LogP contribution >= 0.6 is 0 Å². The normalized spacial score (nSPS) is 19.6. The lowest BCUT2D eigenvalue weighted by Crippen LogP contribution is -2.46. The molecule has 1 unspecified atom stereocenters.